The maximum Gasteiger partial charge on any atom is 0.192 e. The van der Waals surface area contributed by atoms with Crippen molar-refractivity contribution >= 4 is 8.32 Å². The summed E-state index contributed by atoms with van der Waals surface area (Å²) in [6.07, 6.45) is 0. The molecule has 0 amide bonds. The summed E-state index contributed by atoms with van der Waals surface area (Å²) in [5, 5.41) is 0. The molecule has 0 aromatic heterocycles. The van der Waals surface area contributed by atoms with Gasteiger partial charge in [-0.2, -0.15) is 0 Å². The summed E-state index contributed by atoms with van der Waals surface area (Å²) in [6, 6.07) is 3.67. The first kappa shape index (κ1) is 11.1. The van der Waals surface area contributed by atoms with E-state index in [2.05, 4.69) is 20.8 Å². The van der Waals surface area contributed by atoms with E-state index in [4.69, 9.17) is 10.2 Å². The maximum atomic E-state index is 5.84. The van der Waals surface area contributed by atoms with Gasteiger partial charge in [0.05, 0.1) is 0 Å². The van der Waals surface area contributed by atoms with Gasteiger partial charge in [-0.05, 0) is 18.1 Å². The summed E-state index contributed by atoms with van der Waals surface area (Å²) < 4.78 is 5.84. The smallest absolute Gasteiger partial charge is 0.192 e. The molecule has 0 aliphatic rings. The van der Waals surface area contributed by atoms with Crippen LogP contribution in [-0.2, 0) is 4.43 Å². The zero-order chi connectivity index (χ0) is 8.74. The maximum absolute atomic E-state index is 5.84. The van der Waals surface area contributed by atoms with Gasteiger partial charge in [0.25, 0.3) is 0 Å². The highest BCUT2D eigenvalue weighted by Gasteiger charge is 2.27. The minimum atomic E-state index is -1.32. The lowest BCUT2D eigenvalue weighted by atomic mass is 10.8. The first-order valence-electron chi connectivity index (χ1n) is 4.58. The molecule has 0 spiro atoms. The standard InChI is InChI=1S/C8H21NOSi/c1-4-11(5-2,6-3)10-8-7-9/h4-9H2,1-3H3. The third-order valence-corrected chi connectivity index (χ3v) is 7.14. The average Bonchev–Trinajstić information content (AvgIpc) is 2.08. The second kappa shape index (κ2) is 5.74. The fourth-order valence-electron chi connectivity index (χ4n) is 1.33. The van der Waals surface area contributed by atoms with Crippen LogP contribution >= 0.6 is 0 Å². The van der Waals surface area contributed by atoms with E-state index < -0.39 is 8.32 Å². The Kier molecular flexibility index (Phi) is 5.82. The van der Waals surface area contributed by atoms with Gasteiger partial charge in [0, 0.05) is 13.2 Å². The van der Waals surface area contributed by atoms with Crippen LogP contribution in [0.25, 0.3) is 0 Å². The molecule has 0 aromatic carbocycles. The lowest BCUT2D eigenvalue weighted by Gasteiger charge is -2.27. The van der Waals surface area contributed by atoms with Crippen molar-refractivity contribution in [2.45, 2.75) is 38.9 Å². The zero-order valence-electron chi connectivity index (χ0n) is 8.02. The third-order valence-electron chi connectivity index (χ3n) is 2.46. The number of rotatable bonds is 6. The molecule has 0 aliphatic heterocycles. The predicted octanol–water partition coefficient (Wildman–Crippen LogP) is 1.97. The molecular formula is C8H21NOSi. The van der Waals surface area contributed by atoms with Crippen molar-refractivity contribution in [2.75, 3.05) is 13.2 Å². The highest BCUT2D eigenvalue weighted by molar-refractivity contribution is 6.73. The van der Waals surface area contributed by atoms with E-state index in [-0.39, 0.29) is 0 Å². The van der Waals surface area contributed by atoms with E-state index in [1.807, 2.05) is 0 Å². The van der Waals surface area contributed by atoms with E-state index in [0.29, 0.717) is 6.54 Å². The second-order valence-corrected chi connectivity index (χ2v) is 7.66. The topological polar surface area (TPSA) is 35.2 Å². The van der Waals surface area contributed by atoms with E-state index in [1.54, 1.807) is 0 Å². The van der Waals surface area contributed by atoms with Crippen LogP contribution in [0, 0.1) is 0 Å². The third kappa shape index (κ3) is 3.36. The lowest BCUT2D eigenvalue weighted by molar-refractivity contribution is 0.310. The SMILES string of the molecule is CC[Si](CC)(CC)OCCN. The Balaban J connectivity index is 3.84. The van der Waals surface area contributed by atoms with Gasteiger partial charge in [0.2, 0.25) is 0 Å². The monoisotopic (exact) mass is 175 g/mol. The Morgan fingerprint density at radius 2 is 1.55 bits per heavy atom. The lowest BCUT2D eigenvalue weighted by Crippen LogP contribution is -2.37. The molecule has 68 valence electrons. The molecular weight excluding hydrogens is 154 g/mol. The van der Waals surface area contributed by atoms with Gasteiger partial charge in [0.15, 0.2) is 8.32 Å². The van der Waals surface area contributed by atoms with Crippen molar-refractivity contribution < 1.29 is 4.43 Å². The molecule has 0 fully saturated rings. The van der Waals surface area contributed by atoms with E-state index in [0.717, 1.165) is 6.61 Å². The Bertz CT molecular complexity index is 85.8. The van der Waals surface area contributed by atoms with E-state index >= 15 is 0 Å². The molecule has 0 unspecified atom stereocenters. The van der Waals surface area contributed by atoms with Crippen molar-refractivity contribution in [3.8, 4) is 0 Å². The van der Waals surface area contributed by atoms with E-state index in [1.165, 1.54) is 18.1 Å². The Hall–Kier alpha value is 0.137. The highest BCUT2D eigenvalue weighted by atomic mass is 28.4. The van der Waals surface area contributed by atoms with Gasteiger partial charge in [-0.3, -0.25) is 0 Å². The van der Waals surface area contributed by atoms with Crippen molar-refractivity contribution in [1.82, 2.24) is 0 Å². The largest absolute Gasteiger partial charge is 0.416 e. The summed E-state index contributed by atoms with van der Waals surface area (Å²) in [5.41, 5.74) is 5.40. The number of hydrogen-bond acceptors (Lipinski definition) is 2. The fourth-order valence-corrected chi connectivity index (χ4v) is 3.99. The minimum Gasteiger partial charge on any atom is -0.416 e. The van der Waals surface area contributed by atoms with E-state index in [9.17, 15) is 0 Å². The van der Waals surface area contributed by atoms with Crippen LogP contribution in [0.2, 0.25) is 18.1 Å². The zero-order valence-corrected chi connectivity index (χ0v) is 9.02. The van der Waals surface area contributed by atoms with Crippen LogP contribution in [0.15, 0.2) is 0 Å². The molecule has 3 heteroatoms. The molecule has 0 aromatic rings. The van der Waals surface area contributed by atoms with Crippen molar-refractivity contribution in [3.63, 3.8) is 0 Å². The number of hydrogen-bond donors (Lipinski definition) is 1. The molecule has 0 bridgehead atoms. The summed E-state index contributed by atoms with van der Waals surface area (Å²) >= 11 is 0. The molecule has 0 atom stereocenters. The van der Waals surface area contributed by atoms with Crippen LogP contribution in [0.5, 0.6) is 0 Å². The van der Waals surface area contributed by atoms with Crippen LogP contribution < -0.4 is 5.73 Å². The first-order valence-corrected chi connectivity index (χ1v) is 7.11. The van der Waals surface area contributed by atoms with Gasteiger partial charge in [-0.1, -0.05) is 20.8 Å². The molecule has 0 aliphatic carbocycles. The highest BCUT2D eigenvalue weighted by Crippen LogP contribution is 2.20. The Labute approximate surface area is 71.3 Å². The molecule has 0 rings (SSSR count). The molecule has 2 nitrogen and oxygen atoms in total. The quantitative estimate of drug-likeness (QED) is 0.626. The van der Waals surface area contributed by atoms with Gasteiger partial charge in [-0.15, -0.1) is 0 Å². The average molecular weight is 175 g/mol. The summed E-state index contributed by atoms with van der Waals surface area (Å²) in [7, 11) is -1.32. The van der Waals surface area contributed by atoms with Crippen LogP contribution in [0.1, 0.15) is 20.8 Å². The first-order chi connectivity index (χ1) is 5.24. The predicted molar refractivity (Wildman–Crippen MR) is 52.2 cm³/mol. The molecule has 0 radical (unpaired) electrons. The Morgan fingerprint density at radius 3 is 1.82 bits per heavy atom. The summed E-state index contributed by atoms with van der Waals surface area (Å²) in [5.74, 6) is 0. The molecule has 0 saturated heterocycles. The van der Waals surface area contributed by atoms with Crippen molar-refractivity contribution in [1.29, 1.82) is 0 Å². The normalized spacial score (nSPS) is 12.0. The van der Waals surface area contributed by atoms with Gasteiger partial charge in [0.1, 0.15) is 0 Å². The molecule has 2 N–H and O–H groups in total. The van der Waals surface area contributed by atoms with Crippen molar-refractivity contribution in [2.24, 2.45) is 5.73 Å². The molecule has 11 heavy (non-hydrogen) atoms. The molecule has 0 saturated carbocycles. The number of nitrogens with two attached hydrogens (primary N) is 1. The van der Waals surface area contributed by atoms with Gasteiger partial charge < -0.3 is 10.2 Å². The second-order valence-electron chi connectivity index (χ2n) is 2.88. The van der Waals surface area contributed by atoms with Crippen LogP contribution in [-0.4, -0.2) is 21.5 Å². The van der Waals surface area contributed by atoms with Gasteiger partial charge >= 0.3 is 0 Å². The molecule has 0 heterocycles. The summed E-state index contributed by atoms with van der Waals surface area (Å²) in [4.78, 5) is 0. The van der Waals surface area contributed by atoms with Crippen molar-refractivity contribution in [3.05, 3.63) is 0 Å². The minimum absolute atomic E-state index is 0.661. The van der Waals surface area contributed by atoms with Gasteiger partial charge in [-0.25, -0.2) is 0 Å². The van der Waals surface area contributed by atoms with Crippen LogP contribution in [0.4, 0.5) is 0 Å². The Morgan fingerprint density at radius 1 is 1.09 bits per heavy atom. The fraction of sp³-hybridized carbons (Fsp3) is 1.00. The summed E-state index contributed by atoms with van der Waals surface area (Å²) in [6.45, 7) is 8.11. The van der Waals surface area contributed by atoms with Crippen LogP contribution in [0.3, 0.4) is 0 Å².